The molecule has 0 fully saturated rings. The molecule has 0 radical (unpaired) electrons. The summed E-state index contributed by atoms with van der Waals surface area (Å²) in [6, 6.07) is 8.29. The van der Waals surface area contributed by atoms with Gasteiger partial charge in [0.15, 0.2) is 0 Å². The van der Waals surface area contributed by atoms with Crippen LogP contribution < -0.4 is 10.2 Å². The molecule has 1 aliphatic rings. The van der Waals surface area contributed by atoms with Gasteiger partial charge in [-0.2, -0.15) is 0 Å². The summed E-state index contributed by atoms with van der Waals surface area (Å²) in [7, 11) is -4.99. The smallest absolute Gasteiger partial charge is 0.423 e. The third kappa shape index (κ3) is 2.98. The quantitative estimate of drug-likeness (QED) is 0.482. The molecule has 0 spiro atoms. The van der Waals surface area contributed by atoms with Crippen molar-refractivity contribution in [1.82, 2.24) is 0 Å². The molecule has 0 unspecified atom stereocenters. The Labute approximate surface area is 138 Å². The van der Waals surface area contributed by atoms with E-state index in [-0.39, 0.29) is 28.4 Å². The standard InChI is InChI=1S/C14H13BN2O6S/c1-9-6-12(17(19)20)4-5-14(9)24(21,22)16-11-3-2-10-8-23-15(18)13(10)7-11/h2-7,16,18H,8H2,1H3. The molecule has 0 aromatic heterocycles. The van der Waals surface area contributed by atoms with E-state index in [0.717, 1.165) is 11.6 Å². The van der Waals surface area contributed by atoms with Crippen molar-refractivity contribution in [2.75, 3.05) is 4.72 Å². The van der Waals surface area contributed by atoms with Crippen molar-refractivity contribution in [3.05, 3.63) is 57.6 Å². The highest BCUT2D eigenvalue weighted by Gasteiger charge is 2.28. The fourth-order valence-corrected chi connectivity index (χ4v) is 3.81. The van der Waals surface area contributed by atoms with Gasteiger partial charge >= 0.3 is 7.12 Å². The summed E-state index contributed by atoms with van der Waals surface area (Å²) in [5, 5.41) is 20.4. The summed E-state index contributed by atoms with van der Waals surface area (Å²) in [4.78, 5) is 10.1. The van der Waals surface area contributed by atoms with Crippen LogP contribution >= 0.6 is 0 Å². The van der Waals surface area contributed by atoms with Gasteiger partial charge in [-0.15, -0.1) is 0 Å². The predicted molar refractivity (Wildman–Crippen MR) is 87.5 cm³/mol. The minimum atomic E-state index is -3.92. The Balaban J connectivity index is 1.92. The van der Waals surface area contributed by atoms with E-state index in [1.165, 1.54) is 25.1 Å². The number of rotatable bonds is 4. The van der Waals surface area contributed by atoms with E-state index >= 15 is 0 Å². The van der Waals surface area contributed by atoms with Crippen LogP contribution in [0.5, 0.6) is 0 Å². The van der Waals surface area contributed by atoms with Crippen LogP contribution in [-0.4, -0.2) is 25.5 Å². The topological polar surface area (TPSA) is 119 Å². The van der Waals surface area contributed by atoms with Gasteiger partial charge in [0, 0.05) is 17.8 Å². The maximum Gasteiger partial charge on any atom is 0.491 e. The van der Waals surface area contributed by atoms with E-state index in [1.807, 2.05) is 0 Å². The lowest BCUT2D eigenvalue weighted by atomic mass is 9.79. The Morgan fingerprint density at radius 3 is 2.71 bits per heavy atom. The lowest BCUT2D eigenvalue weighted by molar-refractivity contribution is -0.385. The van der Waals surface area contributed by atoms with Gasteiger partial charge in [-0.05, 0) is 41.7 Å². The molecule has 24 heavy (non-hydrogen) atoms. The Morgan fingerprint density at radius 1 is 1.29 bits per heavy atom. The molecule has 0 aliphatic carbocycles. The van der Waals surface area contributed by atoms with Gasteiger partial charge < -0.3 is 9.68 Å². The first kappa shape index (κ1) is 16.4. The zero-order chi connectivity index (χ0) is 17.5. The van der Waals surface area contributed by atoms with Crippen LogP contribution in [0.25, 0.3) is 0 Å². The number of nitrogens with one attached hydrogen (secondary N) is 1. The SMILES string of the molecule is Cc1cc([N+](=O)[O-])ccc1S(=O)(=O)Nc1ccc2c(c1)B(O)OC2. The van der Waals surface area contributed by atoms with Crippen LogP contribution in [0.4, 0.5) is 11.4 Å². The van der Waals surface area contributed by atoms with Gasteiger partial charge in [0.25, 0.3) is 15.7 Å². The number of anilines is 1. The van der Waals surface area contributed by atoms with E-state index in [9.17, 15) is 23.6 Å². The number of non-ortho nitro benzene ring substituents is 1. The predicted octanol–water partition coefficient (Wildman–Crippen LogP) is 0.922. The van der Waals surface area contributed by atoms with E-state index < -0.39 is 22.1 Å². The van der Waals surface area contributed by atoms with Crippen LogP contribution in [0.1, 0.15) is 11.1 Å². The first-order valence-electron chi connectivity index (χ1n) is 6.98. The van der Waals surface area contributed by atoms with E-state index in [4.69, 9.17) is 4.65 Å². The molecule has 0 bridgehead atoms. The van der Waals surface area contributed by atoms with E-state index in [1.54, 1.807) is 12.1 Å². The molecular weight excluding hydrogens is 335 g/mol. The molecule has 2 aromatic rings. The summed E-state index contributed by atoms with van der Waals surface area (Å²) in [6.45, 7) is 1.76. The monoisotopic (exact) mass is 348 g/mol. The van der Waals surface area contributed by atoms with Crippen molar-refractivity contribution >= 4 is 34.0 Å². The fourth-order valence-electron chi connectivity index (χ4n) is 2.54. The van der Waals surface area contributed by atoms with Gasteiger partial charge in [0.05, 0.1) is 16.4 Å². The summed E-state index contributed by atoms with van der Waals surface area (Å²) >= 11 is 0. The van der Waals surface area contributed by atoms with Gasteiger partial charge in [-0.3, -0.25) is 14.8 Å². The molecule has 0 saturated carbocycles. The van der Waals surface area contributed by atoms with Crippen LogP contribution in [0.2, 0.25) is 0 Å². The van der Waals surface area contributed by atoms with E-state index in [2.05, 4.69) is 4.72 Å². The van der Waals surface area contributed by atoms with Crippen molar-refractivity contribution in [2.24, 2.45) is 0 Å². The molecule has 1 heterocycles. The molecular formula is C14H13BN2O6S. The average Bonchev–Trinajstić information content (AvgIpc) is 2.87. The summed E-state index contributed by atoms with van der Waals surface area (Å²) in [5.74, 6) is 0. The lowest BCUT2D eigenvalue weighted by Crippen LogP contribution is -2.28. The minimum Gasteiger partial charge on any atom is -0.423 e. The number of nitro benzene ring substituents is 1. The Hall–Kier alpha value is -2.43. The fraction of sp³-hybridized carbons (Fsp3) is 0.143. The number of hydrogen-bond donors (Lipinski definition) is 2. The highest BCUT2D eigenvalue weighted by Crippen LogP contribution is 2.24. The average molecular weight is 348 g/mol. The van der Waals surface area contributed by atoms with Crippen molar-refractivity contribution in [3.8, 4) is 0 Å². The number of nitrogens with zero attached hydrogens (tertiary/aromatic N) is 1. The Kier molecular flexibility index (Phi) is 4.04. The Morgan fingerprint density at radius 2 is 2.04 bits per heavy atom. The molecule has 0 saturated heterocycles. The molecule has 8 nitrogen and oxygen atoms in total. The third-order valence-electron chi connectivity index (χ3n) is 3.72. The molecule has 124 valence electrons. The first-order valence-corrected chi connectivity index (χ1v) is 8.46. The summed E-state index contributed by atoms with van der Waals surface area (Å²) in [5.41, 5.74) is 1.66. The zero-order valence-electron chi connectivity index (χ0n) is 12.6. The van der Waals surface area contributed by atoms with Gasteiger partial charge in [-0.25, -0.2) is 8.42 Å². The number of aryl methyl sites for hydroxylation is 1. The first-order chi connectivity index (χ1) is 11.3. The molecule has 2 aromatic carbocycles. The minimum absolute atomic E-state index is 0.0506. The number of benzene rings is 2. The summed E-state index contributed by atoms with van der Waals surface area (Å²) in [6.07, 6.45) is 0. The van der Waals surface area contributed by atoms with E-state index in [0.29, 0.717) is 5.46 Å². The van der Waals surface area contributed by atoms with Crippen LogP contribution in [-0.2, 0) is 21.3 Å². The van der Waals surface area contributed by atoms with Crippen molar-refractivity contribution < 1.29 is 23.0 Å². The number of fused-ring (bicyclic) bond motifs is 1. The molecule has 0 atom stereocenters. The second kappa shape index (κ2) is 5.89. The number of sulfonamides is 1. The normalized spacial score (nSPS) is 13.7. The molecule has 1 aliphatic heterocycles. The molecule has 0 amide bonds. The number of hydrogen-bond acceptors (Lipinski definition) is 6. The van der Waals surface area contributed by atoms with Crippen LogP contribution in [0.15, 0.2) is 41.3 Å². The van der Waals surface area contributed by atoms with Gasteiger partial charge in [0.1, 0.15) is 0 Å². The largest absolute Gasteiger partial charge is 0.491 e. The zero-order valence-corrected chi connectivity index (χ0v) is 13.4. The Bertz CT molecular complexity index is 931. The van der Waals surface area contributed by atoms with Gasteiger partial charge in [-0.1, -0.05) is 6.07 Å². The van der Waals surface area contributed by atoms with Crippen molar-refractivity contribution in [1.29, 1.82) is 0 Å². The maximum absolute atomic E-state index is 12.5. The second-order valence-electron chi connectivity index (χ2n) is 5.39. The highest BCUT2D eigenvalue weighted by molar-refractivity contribution is 7.92. The third-order valence-corrected chi connectivity index (χ3v) is 5.26. The van der Waals surface area contributed by atoms with Crippen LogP contribution in [0.3, 0.4) is 0 Å². The maximum atomic E-state index is 12.5. The second-order valence-corrected chi connectivity index (χ2v) is 7.04. The van der Waals surface area contributed by atoms with Gasteiger partial charge in [0.2, 0.25) is 0 Å². The number of nitro groups is 1. The van der Waals surface area contributed by atoms with Crippen molar-refractivity contribution in [3.63, 3.8) is 0 Å². The lowest BCUT2D eigenvalue weighted by Gasteiger charge is -2.11. The highest BCUT2D eigenvalue weighted by atomic mass is 32.2. The molecule has 3 rings (SSSR count). The van der Waals surface area contributed by atoms with Crippen LogP contribution in [0, 0.1) is 17.0 Å². The molecule has 2 N–H and O–H groups in total. The molecule has 10 heteroatoms. The summed E-state index contributed by atoms with van der Waals surface area (Å²) < 4.78 is 32.5. The van der Waals surface area contributed by atoms with Crippen molar-refractivity contribution in [2.45, 2.75) is 18.4 Å².